The molecule has 1 heterocycles. The molecule has 0 saturated carbocycles. The van der Waals surface area contributed by atoms with Crippen molar-refractivity contribution in [2.45, 2.75) is 13.0 Å². The van der Waals surface area contributed by atoms with Gasteiger partial charge in [0, 0.05) is 7.05 Å². The van der Waals surface area contributed by atoms with Crippen LogP contribution in [0.3, 0.4) is 0 Å². The number of hydrogen-bond acceptors (Lipinski definition) is 5. The van der Waals surface area contributed by atoms with Crippen LogP contribution in [-0.4, -0.2) is 40.3 Å². The monoisotopic (exact) mass is 225 g/mol. The smallest absolute Gasteiger partial charge is 0.321 e. The highest BCUT2D eigenvalue weighted by Crippen LogP contribution is 2.03. The molecule has 0 saturated heterocycles. The number of aldehydes is 1. The molecule has 1 unspecified atom stereocenters. The van der Waals surface area contributed by atoms with Gasteiger partial charge in [-0.1, -0.05) is 5.21 Å². The number of urea groups is 1. The number of rotatable bonds is 3. The summed E-state index contributed by atoms with van der Waals surface area (Å²) < 4.78 is 1.20. The van der Waals surface area contributed by atoms with Crippen LogP contribution >= 0.6 is 0 Å². The molecule has 0 bridgehead atoms. The molecule has 3 amide bonds. The first-order valence-corrected chi connectivity index (χ1v) is 4.48. The first kappa shape index (κ1) is 11.8. The average Bonchev–Trinajstić information content (AvgIpc) is 2.76. The van der Waals surface area contributed by atoms with Crippen LogP contribution in [-0.2, 0) is 4.79 Å². The molecule has 8 nitrogen and oxygen atoms in total. The minimum Gasteiger partial charge on any atom is -0.341 e. The van der Waals surface area contributed by atoms with E-state index in [0.29, 0.717) is 6.29 Å². The zero-order valence-corrected chi connectivity index (χ0v) is 8.80. The average molecular weight is 225 g/mol. The van der Waals surface area contributed by atoms with Crippen LogP contribution in [0.4, 0.5) is 4.79 Å². The number of carbonyl (C=O) groups is 3. The molecule has 86 valence electrons. The summed E-state index contributed by atoms with van der Waals surface area (Å²) >= 11 is 0. The second-order valence-electron chi connectivity index (χ2n) is 2.99. The summed E-state index contributed by atoms with van der Waals surface area (Å²) in [7, 11) is 1.40. The van der Waals surface area contributed by atoms with Crippen molar-refractivity contribution in [1.29, 1.82) is 0 Å². The van der Waals surface area contributed by atoms with Crippen molar-refractivity contribution in [2.24, 2.45) is 0 Å². The molecule has 1 aromatic rings. The zero-order valence-electron chi connectivity index (χ0n) is 8.80. The van der Waals surface area contributed by atoms with Gasteiger partial charge in [0.05, 0.1) is 6.20 Å². The summed E-state index contributed by atoms with van der Waals surface area (Å²) in [6, 6.07) is -1.33. The van der Waals surface area contributed by atoms with Crippen LogP contribution in [0.1, 0.15) is 23.5 Å². The fourth-order valence-corrected chi connectivity index (χ4v) is 0.933. The van der Waals surface area contributed by atoms with Gasteiger partial charge >= 0.3 is 6.03 Å². The highest BCUT2D eigenvalue weighted by Gasteiger charge is 2.18. The van der Waals surface area contributed by atoms with Crippen molar-refractivity contribution in [1.82, 2.24) is 25.6 Å². The number of amides is 3. The van der Waals surface area contributed by atoms with Gasteiger partial charge in [-0.05, 0) is 6.92 Å². The second-order valence-corrected chi connectivity index (χ2v) is 2.99. The minimum atomic E-state index is -0.724. The van der Waals surface area contributed by atoms with E-state index in [1.54, 1.807) is 0 Å². The number of nitrogens with zero attached hydrogens (tertiary/aromatic N) is 3. The number of carbonyl (C=O) groups excluding carboxylic acids is 3. The van der Waals surface area contributed by atoms with Gasteiger partial charge in [-0.15, -0.1) is 5.10 Å². The summed E-state index contributed by atoms with van der Waals surface area (Å²) in [6.07, 6.45) is 1.84. The molecule has 8 heteroatoms. The second kappa shape index (κ2) is 5.01. The third kappa shape index (κ3) is 2.62. The van der Waals surface area contributed by atoms with E-state index in [4.69, 9.17) is 0 Å². The third-order valence-corrected chi connectivity index (χ3v) is 1.89. The van der Waals surface area contributed by atoms with Crippen LogP contribution < -0.4 is 10.6 Å². The fraction of sp³-hybridized carbons (Fsp3) is 0.375. The van der Waals surface area contributed by atoms with E-state index in [9.17, 15) is 14.4 Å². The predicted molar refractivity (Wildman–Crippen MR) is 52.7 cm³/mol. The van der Waals surface area contributed by atoms with Crippen LogP contribution in [0, 0.1) is 0 Å². The third-order valence-electron chi connectivity index (χ3n) is 1.89. The zero-order chi connectivity index (χ0) is 12.1. The maximum Gasteiger partial charge on any atom is 0.321 e. The maximum atomic E-state index is 11.5. The lowest BCUT2D eigenvalue weighted by molar-refractivity contribution is -0.123. The van der Waals surface area contributed by atoms with Crippen molar-refractivity contribution in [3.63, 3.8) is 0 Å². The Morgan fingerprint density at radius 1 is 1.56 bits per heavy atom. The van der Waals surface area contributed by atoms with Crippen LogP contribution in [0.15, 0.2) is 6.20 Å². The summed E-state index contributed by atoms with van der Waals surface area (Å²) in [5.41, 5.74) is 0.125. The Balaban J connectivity index is 2.69. The SMILES string of the molecule is CNC(=O)NC(=O)C(C)n1cc(C=O)nn1. The van der Waals surface area contributed by atoms with Gasteiger partial charge in [-0.2, -0.15) is 0 Å². The van der Waals surface area contributed by atoms with Crippen LogP contribution in [0.5, 0.6) is 0 Å². The molecular weight excluding hydrogens is 214 g/mol. The molecule has 0 aliphatic carbocycles. The molecule has 1 rings (SSSR count). The number of nitrogens with one attached hydrogen (secondary N) is 2. The lowest BCUT2D eigenvalue weighted by atomic mass is 10.3. The Hall–Kier alpha value is -2.25. The molecule has 1 atom stereocenters. The molecular formula is C8H11N5O3. The first-order valence-electron chi connectivity index (χ1n) is 4.48. The number of imide groups is 1. The van der Waals surface area contributed by atoms with Crippen molar-refractivity contribution < 1.29 is 14.4 Å². The van der Waals surface area contributed by atoms with Crippen molar-refractivity contribution >= 4 is 18.2 Å². The Labute approximate surface area is 91.0 Å². The highest BCUT2D eigenvalue weighted by molar-refractivity contribution is 5.95. The topological polar surface area (TPSA) is 106 Å². The molecule has 0 spiro atoms. The van der Waals surface area contributed by atoms with Crippen LogP contribution in [0.25, 0.3) is 0 Å². The summed E-state index contributed by atoms with van der Waals surface area (Å²) in [5.74, 6) is -0.540. The van der Waals surface area contributed by atoms with E-state index in [-0.39, 0.29) is 5.69 Å². The lowest BCUT2D eigenvalue weighted by Crippen LogP contribution is -2.40. The predicted octanol–water partition coefficient (Wildman–Crippen LogP) is -0.893. The van der Waals surface area contributed by atoms with Gasteiger partial charge in [0.1, 0.15) is 11.7 Å². The van der Waals surface area contributed by atoms with Gasteiger partial charge in [0.15, 0.2) is 6.29 Å². The van der Waals surface area contributed by atoms with Gasteiger partial charge in [0.25, 0.3) is 5.91 Å². The molecule has 0 aliphatic rings. The minimum absolute atomic E-state index is 0.125. The summed E-state index contributed by atoms with van der Waals surface area (Å²) in [6.45, 7) is 1.53. The Bertz CT molecular complexity index is 414. The van der Waals surface area contributed by atoms with Crippen LogP contribution in [0.2, 0.25) is 0 Å². The molecule has 1 aromatic heterocycles. The van der Waals surface area contributed by atoms with Gasteiger partial charge < -0.3 is 5.32 Å². The Kier molecular flexibility index (Phi) is 3.70. The molecule has 0 aromatic carbocycles. The molecule has 0 fully saturated rings. The highest BCUT2D eigenvalue weighted by atomic mass is 16.2. The lowest BCUT2D eigenvalue weighted by Gasteiger charge is -2.10. The maximum absolute atomic E-state index is 11.5. The summed E-state index contributed by atoms with van der Waals surface area (Å²) in [4.78, 5) is 32.7. The largest absolute Gasteiger partial charge is 0.341 e. The first-order chi connectivity index (χ1) is 7.58. The fourth-order valence-electron chi connectivity index (χ4n) is 0.933. The van der Waals surface area contributed by atoms with Gasteiger partial charge in [0.2, 0.25) is 0 Å². The standard InChI is InChI=1S/C8H11N5O3/c1-5(7(15)10-8(16)9-2)13-3-6(4-14)11-12-13/h3-5H,1-2H3,(H2,9,10,15,16). The van der Waals surface area contributed by atoms with Gasteiger partial charge in [-0.3, -0.25) is 14.9 Å². The van der Waals surface area contributed by atoms with Crippen molar-refractivity contribution in [3.05, 3.63) is 11.9 Å². The number of aromatic nitrogens is 3. The Morgan fingerprint density at radius 2 is 2.25 bits per heavy atom. The molecule has 0 radical (unpaired) electrons. The van der Waals surface area contributed by atoms with E-state index >= 15 is 0 Å². The molecule has 16 heavy (non-hydrogen) atoms. The van der Waals surface area contributed by atoms with Crippen molar-refractivity contribution in [2.75, 3.05) is 7.05 Å². The van der Waals surface area contributed by atoms with E-state index in [1.807, 2.05) is 0 Å². The van der Waals surface area contributed by atoms with E-state index in [0.717, 1.165) is 0 Å². The molecule has 2 N–H and O–H groups in total. The van der Waals surface area contributed by atoms with E-state index in [2.05, 4.69) is 20.9 Å². The van der Waals surface area contributed by atoms with Crippen molar-refractivity contribution in [3.8, 4) is 0 Å². The normalized spacial score (nSPS) is 11.6. The number of hydrogen-bond donors (Lipinski definition) is 2. The van der Waals surface area contributed by atoms with E-state index < -0.39 is 18.0 Å². The molecule has 0 aliphatic heterocycles. The van der Waals surface area contributed by atoms with Gasteiger partial charge in [-0.25, -0.2) is 9.48 Å². The summed E-state index contributed by atoms with van der Waals surface area (Å²) in [5, 5.41) is 11.4. The quantitative estimate of drug-likeness (QED) is 0.649. The Morgan fingerprint density at radius 3 is 2.75 bits per heavy atom. The van der Waals surface area contributed by atoms with E-state index in [1.165, 1.54) is 24.9 Å².